The largest absolute Gasteiger partial charge is 0.490 e. The minimum Gasteiger partial charge on any atom is -0.490 e. The fraction of sp³-hybridized carbons (Fsp3) is 0.346. The SMILES string of the molecule is Cn1cccc1C(=O)N1CCC(NCC(O)COc2cccc3[nH]c4ccccc4c23)CC1. The number of carbonyl (C=O) groups is 1. The summed E-state index contributed by atoms with van der Waals surface area (Å²) in [5, 5.41) is 16.1. The molecule has 1 aliphatic rings. The number of hydrogen-bond donors (Lipinski definition) is 3. The minimum absolute atomic E-state index is 0.0841. The molecule has 1 fully saturated rings. The molecule has 1 saturated heterocycles. The van der Waals surface area contributed by atoms with Crippen molar-refractivity contribution in [3.63, 3.8) is 0 Å². The third kappa shape index (κ3) is 4.47. The fourth-order valence-corrected chi connectivity index (χ4v) is 4.67. The van der Waals surface area contributed by atoms with E-state index in [-0.39, 0.29) is 18.6 Å². The van der Waals surface area contributed by atoms with Gasteiger partial charge in [0, 0.05) is 55.2 Å². The molecule has 2 aromatic heterocycles. The zero-order valence-electron chi connectivity index (χ0n) is 18.8. The van der Waals surface area contributed by atoms with E-state index < -0.39 is 6.10 Å². The molecule has 2 aromatic carbocycles. The number of aliphatic hydroxyl groups is 1. The molecule has 0 saturated carbocycles. The Morgan fingerprint density at radius 2 is 1.91 bits per heavy atom. The second kappa shape index (κ2) is 9.29. The van der Waals surface area contributed by atoms with Crippen LogP contribution in [0.5, 0.6) is 5.75 Å². The average molecular weight is 447 g/mol. The highest BCUT2D eigenvalue weighted by Gasteiger charge is 2.25. The molecule has 0 spiro atoms. The average Bonchev–Trinajstić information content (AvgIpc) is 3.44. The number of aromatic amines is 1. The smallest absolute Gasteiger partial charge is 0.270 e. The number of piperidine rings is 1. The number of fused-ring (bicyclic) bond motifs is 3. The lowest BCUT2D eigenvalue weighted by Gasteiger charge is -2.33. The molecule has 4 aromatic rings. The number of aromatic nitrogens is 2. The number of amides is 1. The van der Waals surface area contributed by atoms with Gasteiger partial charge in [-0.15, -0.1) is 0 Å². The van der Waals surface area contributed by atoms with Gasteiger partial charge in [-0.1, -0.05) is 24.3 Å². The van der Waals surface area contributed by atoms with Crippen LogP contribution in [0.3, 0.4) is 0 Å². The zero-order valence-corrected chi connectivity index (χ0v) is 18.8. The van der Waals surface area contributed by atoms with Crippen molar-refractivity contribution in [1.82, 2.24) is 19.8 Å². The van der Waals surface area contributed by atoms with Crippen LogP contribution in [0.15, 0.2) is 60.8 Å². The molecular formula is C26H30N4O3. The molecule has 1 amide bonds. The molecule has 1 atom stereocenters. The maximum atomic E-state index is 12.7. The van der Waals surface area contributed by atoms with Crippen LogP contribution in [0.4, 0.5) is 0 Å². The summed E-state index contributed by atoms with van der Waals surface area (Å²) < 4.78 is 7.88. The highest BCUT2D eigenvalue weighted by atomic mass is 16.5. The van der Waals surface area contributed by atoms with Gasteiger partial charge < -0.3 is 29.6 Å². The maximum Gasteiger partial charge on any atom is 0.270 e. The molecule has 33 heavy (non-hydrogen) atoms. The Labute approximate surface area is 193 Å². The highest BCUT2D eigenvalue weighted by molar-refractivity contribution is 6.10. The Morgan fingerprint density at radius 1 is 1.12 bits per heavy atom. The van der Waals surface area contributed by atoms with E-state index >= 15 is 0 Å². The zero-order chi connectivity index (χ0) is 22.8. The molecule has 1 unspecified atom stereocenters. The summed E-state index contributed by atoms with van der Waals surface area (Å²) in [5.74, 6) is 0.859. The summed E-state index contributed by atoms with van der Waals surface area (Å²) in [7, 11) is 1.89. The van der Waals surface area contributed by atoms with Crippen LogP contribution in [-0.2, 0) is 7.05 Å². The quantitative estimate of drug-likeness (QED) is 0.407. The van der Waals surface area contributed by atoms with Gasteiger partial charge in [0.05, 0.1) is 5.52 Å². The van der Waals surface area contributed by atoms with Gasteiger partial charge in [-0.05, 0) is 43.2 Å². The van der Waals surface area contributed by atoms with Gasteiger partial charge >= 0.3 is 0 Å². The number of nitrogens with one attached hydrogen (secondary N) is 2. The standard InChI is InChI=1S/C26H30N4O3/c1-29-13-5-9-23(29)26(32)30-14-11-18(12-15-30)27-16-19(31)17-33-24-10-4-8-22-25(24)20-6-2-3-7-21(20)28-22/h2-10,13,18-19,27-28,31H,11-12,14-17H2,1H3. The molecule has 3 heterocycles. The summed E-state index contributed by atoms with van der Waals surface area (Å²) in [6.07, 6.45) is 3.02. The first-order chi connectivity index (χ1) is 16.1. The van der Waals surface area contributed by atoms with Gasteiger partial charge in [0.2, 0.25) is 0 Å². The van der Waals surface area contributed by atoms with E-state index in [4.69, 9.17) is 4.74 Å². The Hall–Kier alpha value is -3.29. The summed E-state index contributed by atoms with van der Waals surface area (Å²) in [4.78, 5) is 18.0. The number of H-pyrrole nitrogens is 1. The molecule has 0 bridgehead atoms. The van der Waals surface area contributed by atoms with E-state index in [1.165, 1.54) is 0 Å². The second-order valence-corrected chi connectivity index (χ2v) is 8.79. The van der Waals surface area contributed by atoms with Crippen LogP contribution in [0.25, 0.3) is 21.8 Å². The van der Waals surface area contributed by atoms with E-state index in [0.717, 1.165) is 59.2 Å². The number of aliphatic hydroxyl groups excluding tert-OH is 1. The Balaban J connectivity index is 1.11. The van der Waals surface area contributed by atoms with E-state index in [0.29, 0.717) is 6.54 Å². The third-order valence-corrected chi connectivity index (χ3v) is 6.51. The number of rotatable bonds is 7. The number of likely N-dealkylation sites (tertiary alicyclic amines) is 1. The number of para-hydroxylation sites is 1. The third-order valence-electron chi connectivity index (χ3n) is 6.51. The van der Waals surface area contributed by atoms with Crippen molar-refractivity contribution >= 4 is 27.7 Å². The maximum absolute atomic E-state index is 12.7. The number of ether oxygens (including phenoxy) is 1. The van der Waals surface area contributed by atoms with Gasteiger partial charge in [0.25, 0.3) is 5.91 Å². The van der Waals surface area contributed by atoms with Crippen LogP contribution in [-0.4, -0.2) is 63.9 Å². The number of hydrogen-bond acceptors (Lipinski definition) is 4. The predicted molar refractivity (Wildman–Crippen MR) is 130 cm³/mol. The summed E-state index contributed by atoms with van der Waals surface area (Å²) in [5.41, 5.74) is 2.82. The Bertz CT molecular complexity index is 1250. The van der Waals surface area contributed by atoms with Gasteiger partial charge in [-0.2, -0.15) is 0 Å². The summed E-state index contributed by atoms with van der Waals surface area (Å²) in [6, 6.07) is 18.1. The number of benzene rings is 2. The number of nitrogens with zero attached hydrogens (tertiary/aromatic N) is 2. The van der Waals surface area contributed by atoms with Crippen LogP contribution < -0.4 is 10.1 Å². The van der Waals surface area contributed by atoms with E-state index in [2.05, 4.69) is 22.4 Å². The Kier molecular flexibility index (Phi) is 6.07. The van der Waals surface area contributed by atoms with Crippen molar-refractivity contribution in [3.8, 4) is 5.75 Å². The van der Waals surface area contributed by atoms with Crippen LogP contribution in [0.1, 0.15) is 23.3 Å². The lowest BCUT2D eigenvalue weighted by molar-refractivity contribution is 0.0677. The van der Waals surface area contributed by atoms with Crippen molar-refractivity contribution in [2.24, 2.45) is 7.05 Å². The normalized spacial score (nSPS) is 15.9. The van der Waals surface area contributed by atoms with E-state index in [1.54, 1.807) is 0 Å². The second-order valence-electron chi connectivity index (χ2n) is 8.79. The lowest BCUT2D eigenvalue weighted by Crippen LogP contribution is -2.47. The van der Waals surface area contributed by atoms with Crippen molar-refractivity contribution in [1.29, 1.82) is 0 Å². The lowest BCUT2D eigenvalue weighted by atomic mass is 10.0. The predicted octanol–water partition coefficient (Wildman–Crippen LogP) is 3.29. The van der Waals surface area contributed by atoms with Crippen molar-refractivity contribution < 1.29 is 14.6 Å². The topological polar surface area (TPSA) is 82.5 Å². The minimum atomic E-state index is -0.617. The molecule has 1 aliphatic heterocycles. The van der Waals surface area contributed by atoms with Crippen LogP contribution in [0.2, 0.25) is 0 Å². The van der Waals surface area contributed by atoms with Gasteiger partial charge in [-0.3, -0.25) is 4.79 Å². The van der Waals surface area contributed by atoms with Gasteiger partial charge in [0.15, 0.2) is 0 Å². The molecule has 7 heteroatoms. The monoisotopic (exact) mass is 446 g/mol. The molecule has 5 rings (SSSR count). The van der Waals surface area contributed by atoms with Crippen LogP contribution in [0, 0.1) is 0 Å². The van der Waals surface area contributed by atoms with E-state index in [1.807, 2.05) is 65.2 Å². The summed E-state index contributed by atoms with van der Waals surface area (Å²) >= 11 is 0. The molecule has 0 aliphatic carbocycles. The molecule has 3 N–H and O–H groups in total. The van der Waals surface area contributed by atoms with Crippen LogP contribution >= 0.6 is 0 Å². The van der Waals surface area contributed by atoms with E-state index in [9.17, 15) is 9.90 Å². The first-order valence-corrected chi connectivity index (χ1v) is 11.5. The van der Waals surface area contributed by atoms with Gasteiger partial charge in [0.1, 0.15) is 24.2 Å². The highest BCUT2D eigenvalue weighted by Crippen LogP contribution is 2.33. The van der Waals surface area contributed by atoms with Crippen molar-refractivity contribution in [2.75, 3.05) is 26.2 Å². The molecule has 172 valence electrons. The number of aryl methyl sites for hydroxylation is 1. The molecule has 7 nitrogen and oxygen atoms in total. The Morgan fingerprint density at radius 3 is 2.70 bits per heavy atom. The molecule has 0 radical (unpaired) electrons. The fourth-order valence-electron chi connectivity index (χ4n) is 4.67. The number of carbonyl (C=O) groups excluding carboxylic acids is 1. The first kappa shape index (κ1) is 21.6. The van der Waals surface area contributed by atoms with Crippen molar-refractivity contribution in [3.05, 3.63) is 66.5 Å². The molecular weight excluding hydrogens is 416 g/mol. The summed E-state index contributed by atoms with van der Waals surface area (Å²) in [6.45, 7) is 2.12. The first-order valence-electron chi connectivity index (χ1n) is 11.5. The van der Waals surface area contributed by atoms with Gasteiger partial charge in [-0.25, -0.2) is 0 Å². The van der Waals surface area contributed by atoms with Crippen molar-refractivity contribution in [2.45, 2.75) is 25.0 Å².